The zero-order valence-electron chi connectivity index (χ0n) is 12.3. The Bertz CT molecular complexity index is 486. The van der Waals surface area contributed by atoms with E-state index >= 15 is 0 Å². The smallest absolute Gasteiger partial charge is 0.215 e. The molecule has 1 aromatic rings. The monoisotopic (exact) mass is 300 g/mol. The van der Waals surface area contributed by atoms with Crippen LogP contribution in [-0.4, -0.2) is 33.9 Å². The van der Waals surface area contributed by atoms with Crippen LogP contribution in [0.4, 0.5) is 0 Å². The summed E-state index contributed by atoms with van der Waals surface area (Å²) in [5.74, 6) is 0.758. The number of hydrogen-bond acceptors (Lipinski definition) is 4. The van der Waals surface area contributed by atoms with Gasteiger partial charge in [0.2, 0.25) is 10.0 Å². The molecule has 1 atom stereocenters. The largest absolute Gasteiger partial charge is 0.497 e. The molecule has 2 N–H and O–H groups in total. The molecule has 0 radical (unpaired) electrons. The van der Waals surface area contributed by atoms with Crippen LogP contribution < -0.4 is 14.8 Å². The Morgan fingerprint density at radius 1 is 1.25 bits per heavy atom. The molecule has 20 heavy (non-hydrogen) atoms. The molecule has 1 unspecified atom stereocenters. The van der Waals surface area contributed by atoms with Crippen molar-refractivity contribution in [3.8, 4) is 5.75 Å². The molecule has 0 aromatic heterocycles. The third-order valence-corrected chi connectivity index (χ3v) is 4.80. The van der Waals surface area contributed by atoms with Gasteiger partial charge in [0, 0.05) is 13.1 Å². The molecule has 0 saturated carbocycles. The van der Waals surface area contributed by atoms with Crippen LogP contribution in [0, 0.1) is 0 Å². The SMILES string of the molecule is CCCNCC(C)S(=O)(=O)NCc1ccc(OC)cc1. The topological polar surface area (TPSA) is 67.4 Å². The van der Waals surface area contributed by atoms with Crippen LogP contribution >= 0.6 is 0 Å². The molecule has 0 aliphatic rings. The maximum atomic E-state index is 12.0. The number of benzene rings is 1. The molecule has 0 amide bonds. The lowest BCUT2D eigenvalue weighted by Gasteiger charge is -2.14. The second-order valence-corrected chi connectivity index (χ2v) is 6.91. The zero-order chi connectivity index (χ0) is 15.0. The molecule has 1 aromatic carbocycles. The number of hydrogen-bond donors (Lipinski definition) is 2. The summed E-state index contributed by atoms with van der Waals surface area (Å²) in [7, 11) is -1.70. The van der Waals surface area contributed by atoms with Gasteiger partial charge in [-0.1, -0.05) is 19.1 Å². The Hall–Kier alpha value is -1.11. The van der Waals surface area contributed by atoms with E-state index in [0.717, 1.165) is 24.3 Å². The van der Waals surface area contributed by atoms with Gasteiger partial charge in [-0.15, -0.1) is 0 Å². The molecule has 6 heteroatoms. The third kappa shape index (κ3) is 5.48. The normalized spacial score (nSPS) is 13.2. The average Bonchev–Trinajstić information content (AvgIpc) is 2.46. The molecule has 1 rings (SSSR count). The first-order valence-electron chi connectivity index (χ1n) is 6.81. The van der Waals surface area contributed by atoms with E-state index in [1.165, 1.54) is 0 Å². The second-order valence-electron chi connectivity index (χ2n) is 4.73. The Kier molecular flexibility index (Phi) is 6.98. The van der Waals surface area contributed by atoms with Gasteiger partial charge in [-0.2, -0.15) is 0 Å². The van der Waals surface area contributed by atoms with Crippen molar-refractivity contribution in [3.05, 3.63) is 29.8 Å². The van der Waals surface area contributed by atoms with Crippen molar-refractivity contribution >= 4 is 10.0 Å². The van der Waals surface area contributed by atoms with Crippen molar-refractivity contribution in [1.82, 2.24) is 10.0 Å². The molecular formula is C14H24N2O3S. The van der Waals surface area contributed by atoms with E-state index in [1.54, 1.807) is 14.0 Å². The van der Waals surface area contributed by atoms with Gasteiger partial charge in [0.1, 0.15) is 5.75 Å². The van der Waals surface area contributed by atoms with Crippen LogP contribution in [-0.2, 0) is 16.6 Å². The van der Waals surface area contributed by atoms with E-state index in [-0.39, 0.29) is 0 Å². The maximum Gasteiger partial charge on any atom is 0.215 e. The highest BCUT2D eigenvalue weighted by atomic mass is 32.2. The lowest BCUT2D eigenvalue weighted by Crippen LogP contribution is -2.38. The fourth-order valence-electron chi connectivity index (χ4n) is 1.66. The molecule has 0 bridgehead atoms. The zero-order valence-corrected chi connectivity index (χ0v) is 13.2. The Balaban J connectivity index is 2.49. The Morgan fingerprint density at radius 3 is 2.45 bits per heavy atom. The summed E-state index contributed by atoms with van der Waals surface area (Å²) in [6.45, 7) is 5.35. The van der Waals surface area contributed by atoms with Gasteiger partial charge in [-0.25, -0.2) is 13.1 Å². The molecular weight excluding hydrogens is 276 g/mol. The van der Waals surface area contributed by atoms with Gasteiger partial charge >= 0.3 is 0 Å². The molecule has 0 aliphatic carbocycles. The van der Waals surface area contributed by atoms with Crippen LogP contribution in [0.5, 0.6) is 5.75 Å². The first-order chi connectivity index (χ1) is 9.49. The molecule has 0 aliphatic heterocycles. The van der Waals surface area contributed by atoms with Crippen molar-refractivity contribution in [2.45, 2.75) is 32.1 Å². The summed E-state index contributed by atoms with van der Waals surface area (Å²) in [6.07, 6.45) is 0.992. The van der Waals surface area contributed by atoms with E-state index in [1.807, 2.05) is 31.2 Å². The summed E-state index contributed by atoms with van der Waals surface area (Å²) in [4.78, 5) is 0. The van der Waals surface area contributed by atoms with Gasteiger partial charge in [-0.3, -0.25) is 0 Å². The maximum absolute atomic E-state index is 12.0. The van der Waals surface area contributed by atoms with Gasteiger partial charge in [-0.05, 0) is 37.6 Å². The minimum atomic E-state index is -3.30. The van der Waals surface area contributed by atoms with Crippen LogP contribution in [0.2, 0.25) is 0 Å². The lowest BCUT2D eigenvalue weighted by atomic mass is 10.2. The first kappa shape index (κ1) is 16.9. The van der Waals surface area contributed by atoms with Crippen molar-refractivity contribution < 1.29 is 13.2 Å². The van der Waals surface area contributed by atoms with Crippen molar-refractivity contribution in [1.29, 1.82) is 0 Å². The predicted octanol–water partition coefficient (Wildman–Crippen LogP) is 1.50. The van der Waals surface area contributed by atoms with Gasteiger partial charge < -0.3 is 10.1 Å². The van der Waals surface area contributed by atoms with Crippen LogP contribution in [0.25, 0.3) is 0 Å². The van der Waals surface area contributed by atoms with E-state index in [2.05, 4.69) is 10.0 Å². The van der Waals surface area contributed by atoms with Gasteiger partial charge in [0.15, 0.2) is 0 Å². The quantitative estimate of drug-likeness (QED) is 0.678. The molecule has 0 spiro atoms. The Morgan fingerprint density at radius 2 is 1.90 bits per heavy atom. The predicted molar refractivity (Wildman–Crippen MR) is 81.4 cm³/mol. The molecule has 0 fully saturated rings. The summed E-state index contributed by atoms with van der Waals surface area (Å²) < 4.78 is 31.8. The minimum Gasteiger partial charge on any atom is -0.497 e. The van der Waals surface area contributed by atoms with Crippen LogP contribution in [0.3, 0.4) is 0 Å². The molecule has 5 nitrogen and oxygen atoms in total. The van der Waals surface area contributed by atoms with Crippen LogP contribution in [0.15, 0.2) is 24.3 Å². The standard InChI is InChI=1S/C14H24N2O3S/c1-4-9-15-10-12(2)20(17,18)16-11-13-5-7-14(19-3)8-6-13/h5-8,12,15-16H,4,9-11H2,1-3H3. The van der Waals surface area contributed by atoms with E-state index in [9.17, 15) is 8.42 Å². The van der Waals surface area contributed by atoms with E-state index in [0.29, 0.717) is 13.1 Å². The first-order valence-corrected chi connectivity index (χ1v) is 8.36. The summed E-state index contributed by atoms with van der Waals surface area (Å²) >= 11 is 0. The van der Waals surface area contributed by atoms with Crippen molar-refractivity contribution in [2.24, 2.45) is 0 Å². The highest BCUT2D eigenvalue weighted by molar-refractivity contribution is 7.90. The highest BCUT2D eigenvalue weighted by Crippen LogP contribution is 2.11. The third-order valence-electron chi connectivity index (χ3n) is 3.02. The van der Waals surface area contributed by atoms with Crippen molar-refractivity contribution in [3.63, 3.8) is 0 Å². The molecule has 114 valence electrons. The number of rotatable bonds is 9. The number of sulfonamides is 1. The fourth-order valence-corrected chi connectivity index (χ4v) is 2.65. The van der Waals surface area contributed by atoms with Gasteiger partial charge in [0.25, 0.3) is 0 Å². The summed E-state index contributed by atoms with van der Waals surface area (Å²) in [5.41, 5.74) is 0.906. The van der Waals surface area contributed by atoms with E-state index < -0.39 is 15.3 Å². The lowest BCUT2D eigenvalue weighted by molar-refractivity contribution is 0.414. The van der Waals surface area contributed by atoms with Gasteiger partial charge in [0.05, 0.1) is 12.4 Å². The summed E-state index contributed by atoms with van der Waals surface area (Å²) in [6, 6.07) is 7.33. The number of ether oxygens (including phenoxy) is 1. The molecule has 0 heterocycles. The Labute approximate surface area is 121 Å². The highest BCUT2D eigenvalue weighted by Gasteiger charge is 2.19. The minimum absolute atomic E-state index is 0.296. The fraction of sp³-hybridized carbons (Fsp3) is 0.571. The number of methoxy groups -OCH3 is 1. The number of nitrogens with one attached hydrogen (secondary N) is 2. The van der Waals surface area contributed by atoms with Crippen LogP contribution in [0.1, 0.15) is 25.8 Å². The summed E-state index contributed by atoms with van der Waals surface area (Å²) in [5, 5.41) is 2.67. The second kappa shape index (κ2) is 8.24. The molecule has 0 saturated heterocycles. The van der Waals surface area contributed by atoms with Crippen molar-refractivity contribution in [2.75, 3.05) is 20.2 Å². The average molecular weight is 300 g/mol. The van der Waals surface area contributed by atoms with E-state index in [4.69, 9.17) is 4.74 Å².